The lowest BCUT2D eigenvalue weighted by Crippen LogP contribution is -2.60. The zero-order valence-electron chi connectivity index (χ0n) is 20.4. The highest BCUT2D eigenvalue weighted by molar-refractivity contribution is 6.90. The number of carbonyl (C=O) groups is 2. The zero-order valence-corrected chi connectivity index (χ0v) is 24.4. The maximum absolute atomic E-state index is 13.4. The number of halogens is 3. The molecule has 0 rings (SSSR count). The van der Waals surface area contributed by atoms with Crippen LogP contribution in [-0.2, 0) is 26.7 Å². The normalized spacial score (nSPS) is 15.1. The highest BCUT2D eigenvalue weighted by Crippen LogP contribution is 2.40. The molecule has 0 heterocycles. The van der Waals surface area contributed by atoms with Gasteiger partial charge in [0.25, 0.3) is 0 Å². The molecule has 188 valence electrons. The van der Waals surface area contributed by atoms with Gasteiger partial charge in [0.1, 0.15) is 0 Å². The van der Waals surface area contributed by atoms with Crippen molar-refractivity contribution in [3.05, 3.63) is 12.2 Å². The van der Waals surface area contributed by atoms with E-state index in [9.17, 15) is 22.8 Å². The van der Waals surface area contributed by atoms with Crippen molar-refractivity contribution in [3.63, 3.8) is 0 Å². The van der Waals surface area contributed by atoms with E-state index in [1.165, 1.54) is 0 Å². The van der Waals surface area contributed by atoms with Gasteiger partial charge < -0.3 is 22.2 Å². The van der Waals surface area contributed by atoms with Crippen LogP contribution in [0.15, 0.2) is 12.2 Å². The van der Waals surface area contributed by atoms with Gasteiger partial charge in [-0.3, -0.25) is 0 Å². The summed E-state index contributed by atoms with van der Waals surface area (Å²) in [5.41, 5.74) is -0.916. The summed E-state index contributed by atoms with van der Waals surface area (Å²) in [5.74, 6) is -2.25. The van der Waals surface area contributed by atoms with E-state index in [1.54, 1.807) is 19.6 Å². The Morgan fingerprint density at radius 2 is 1.34 bits per heavy atom. The Morgan fingerprint density at radius 1 is 0.875 bits per heavy atom. The van der Waals surface area contributed by atoms with E-state index in [4.69, 9.17) is 22.2 Å². The second kappa shape index (κ2) is 11.6. The third kappa shape index (κ3) is 15.1. The molecule has 0 amide bonds. The number of rotatable bonds is 13. The molecular weight excluding hydrogens is 498 g/mol. The number of hydrogen-bond acceptors (Lipinski definition) is 6. The summed E-state index contributed by atoms with van der Waals surface area (Å²) in [6.07, 6.45) is -4.26. The van der Waals surface area contributed by atoms with E-state index in [0.717, 1.165) is 0 Å². The Bertz CT molecular complexity index is 655. The maximum Gasteiger partial charge on any atom is 0.466 e. The minimum atomic E-state index is -4.43. The number of carbonyl (C=O) groups excluding carboxylic acids is 1. The second-order valence-corrected chi connectivity index (χ2v) is 26.8. The predicted molar refractivity (Wildman–Crippen MR) is 126 cm³/mol. The fraction of sp³-hybridized carbons (Fsp3) is 0.778. The van der Waals surface area contributed by atoms with Gasteiger partial charge in [-0.1, -0.05) is 0 Å². The van der Waals surface area contributed by atoms with Crippen LogP contribution >= 0.6 is 0 Å². The van der Waals surface area contributed by atoms with Gasteiger partial charge in [0.05, 0.1) is 6.61 Å². The van der Waals surface area contributed by atoms with Gasteiger partial charge in [-0.2, -0.15) is 13.2 Å². The van der Waals surface area contributed by atoms with Crippen LogP contribution in [0.4, 0.5) is 13.2 Å². The number of hydrogen-bond donors (Lipinski definition) is 1. The SMILES string of the molecule is C[Si](C)(C)O[Si](C)(O[Si](C)(C)C)O[Si](C)(C)C(CCOC(=O)C=CC(=O)O)CC(F)(F)F. The van der Waals surface area contributed by atoms with Crippen molar-refractivity contribution < 1.29 is 44.9 Å². The van der Waals surface area contributed by atoms with Gasteiger partial charge >= 0.3 is 26.9 Å². The molecule has 0 spiro atoms. The molecule has 0 aromatic heterocycles. The number of aliphatic carboxylic acids is 1. The van der Waals surface area contributed by atoms with Crippen LogP contribution in [0.1, 0.15) is 12.8 Å². The molecule has 7 nitrogen and oxygen atoms in total. The first-order valence-electron chi connectivity index (χ1n) is 10.3. The van der Waals surface area contributed by atoms with Crippen molar-refractivity contribution in [2.24, 2.45) is 0 Å². The first kappa shape index (κ1) is 31.2. The van der Waals surface area contributed by atoms with Gasteiger partial charge in [-0.15, -0.1) is 0 Å². The highest BCUT2D eigenvalue weighted by Gasteiger charge is 2.51. The van der Waals surface area contributed by atoms with Crippen LogP contribution in [0.2, 0.25) is 64.5 Å². The molecule has 0 aromatic carbocycles. The van der Waals surface area contributed by atoms with Crippen LogP contribution in [0.3, 0.4) is 0 Å². The van der Waals surface area contributed by atoms with Crippen molar-refractivity contribution >= 4 is 45.7 Å². The number of esters is 1. The monoisotopic (exact) mass is 534 g/mol. The fourth-order valence-corrected chi connectivity index (χ4v) is 19.7. The minimum absolute atomic E-state index is 0.0737. The van der Waals surface area contributed by atoms with Gasteiger partial charge in [0.15, 0.2) is 25.0 Å². The highest BCUT2D eigenvalue weighted by atomic mass is 28.5. The molecule has 1 unspecified atom stereocenters. The van der Waals surface area contributed by atoms with E-state index < -0.39 is 63.8 Å². The van der Waals surface area contributed by atoms with Crippen molar-refractivity contribution in [2.45, 2.75) is 83.5 Å². The Labute approximate surface area is 193 Å². The van der Waals surface area contributed by atoms with Crippen LogP contribution in [0.25, 0.3) is 0 Å². The van der Waals surface area contributed by atoms with Crippen LogP contribution < -0.4 is 0 Å². The third-order valence-corrected chi connectivity index (χ3v) is 17.9. The molecule has 0 fully saturated rings. The molecule has 0 saturated carbocycles. The molecule has 1 N–H and O–H groups in total. The lowest BCUT2D eigenvalue weighted by molar-refractivity contribution is -0.141. The van der Waals surface area contributed by atoms with Crippen molar-refractivity contribution in [1.29, 1.82) is 0 Å². The minimum Gasteiger partial charge on any atom is -0.478 e. The molecule has 0 aliphatic heterocycles. The van der Waals surface area contributed by atoms with Crippen LogP contribution in [0.5, 0.6) is 0 Å². The predicted octanol–water partition coefficient (Wildman–Crippen LogP) is 5.38. The molecule has 0 aromatic rings. The van der Waals surface area contributed by atoms with Gasteiger partial charge in [-0.25, -0.2) is 9.59 Å². The summed E-state index contributed by atoms with van der Waals surface area (Å²) in [7, 11) is -10.5. The Hall–Kier alpha value is -0.782. The molecule has 0 bridgehead atoms. The Balaban J connectivity index is 5.63. The van der Waals surface area contributed by atoms with Crippen molar-refractivity contribution in [1.82, 2.24) is 0 Å². The van der Waals surface area contributed by atoms with Gasteiger partial charge in [0, 0.05) is 25.1 Å². The zero-order chi connectivity index (χ0) is 25.6. The molecule has 0 aliphatic rings. The smallest absolute Gasteiger partial charge is 0.466 e. The first-order chi connectivity index (χ1) is 14.0. The number of alkyl halides is 3. The lowest BCUT2D eigenvalue weighted by Gasteiger charge is -2.44. The quantitative estimate of drug-likeness (QED) is 0.193. The van der Waals surface area contributed by atoms with E-state index >= 15 is 0 Å². The molecule has 0 saturated heterocycles. The summed E-state index contributed by atoms with van der Waals surface area (Å²) in [4.78, 5) is 22.0. The summed E-state index contributed by atoms with van der Waals surface area (Å²) in [5, 5.41) is 8.53. The largest absolute Gasteiger partial charge is 0.478 e. The van der Waals surface area contributed by atoms with E-state index in [2.05, 4.69) is 0 Å². The number of carboxylic acids is 1. The molecule has 1 atom stereocenters. The maximum atomic E-state index is 13.4. The average Bonchev–Trinajstić information content (AvgIpc) is 2.45. The van der Waals surface area contributed by atoms with Gasteiger partial charge in [-0.05, 0) is 64.3 Å². The van der Waals surface area contributed by atoms with Crippen LogP contribution in [-0.4, -0.2) is 63.6 Å². The number of carboxylic acid groups (broad SMARTS) is 1. The summed E-state index contributed by atoms with van der Waals surface area (Å²) in [6, 6.07) is 0. The van der Waals surface area contributed by atoms with Crippen molar-refractivity contribution in [2.75, 3.05) is 6.61 Å². The van der Waals surface area contributed by atoms with Gasteiger partial charge in [0.2, 0.25) is 0 Å². The summed E-state index contributed by atoms with van der Waals surface area (Å²) >= 11 is 0. The fourth-order valence-electron chi connectivity index (χ4n) is 3.20. The third-order valence-electron chi connectivity index (χ3n) is 3.97. The molecule has 0 radical (unpaired) electrons. The molecular formula is C18H37F3O7Si4. The first-order valence-corrected chi connectivity index (χ1v) is 22.3. The van der Waals surface area contributed by atoms with E-state index in [1.807, 2.05) is 39.3 Å². The summed E-state index contributed by atoms with van der Waals surface area (Å²) in [6.45, 7) is 16.7. The van der Waals surface area contributed by atoms with E-state index in [-0.39, 0.29) is 13.0 Å². The Kier molecular flexibility index (Phi) is 11.3. The Morgan fingerprint density at radius 3 is 1.72 bits per heavy atom. The molecule has 32 heavy (non-hydrogen) atoms. The molecule has 14 heteroatoms. The molecule has 0 aliphatic carbocycles. The average molecular weight is 535 g/mol. The lowest BCUT2D eigenvalue weighted by atomic mass is 10.2. The topological polar surface area (TPSA) is 91.3 Å². The standard InChI is InChI=1S/C18H37F3O7Si4/c1-29(2,3)26-32(9,27-30(4,5)6)28-31(7,8)15(14-18(19,20)21)12-13-25-17(24)11-10-16(22)23/h10-11,15H,12-14H2,1-9H3,(H,22,23). The second-order valence-electron chi connectivity index (χ2n) is 10.1. The number of ether oxygens (including phenoxy) is 1. The van der Waals surface area contributed by atoms with Crippen molar-refractivity contribution in [3.8, 4) is 0 Å². The van der Waals surface area contributed by atoms with E-state index in [0.29, 0.717) is 12.2 Å². The summed E-state index contributed by atoms with van der Waals surface area (Å²) < 4.78 is 63.9. The van der Waals surface area contributed by atoms with Crippen LogP contribution in [0, 0.1) is 0 Å².